The summed E-state index contributed by atoms with van der Waals surface area (Å²) in [5, 5.41) is 2.42. The molecule has 3 nitrogen and oxygen atoms in total. The molecule has 0 fully saturated rings. The van der Waals surface area contributed by atoms with E-state index in [1.807, 2.05) is 19.1 Å². The second-order valence-electron chi connectivity index (χ2n) is 5.69. The number of benzene rings is 2. The van der Waals surface area contributed by atoms with E-state index in [0.717, 1.165) is 22.9 Å². The van der Waals surface area contributed by atoms with E-state index in [1.54, 1.807) is 0 Å². The first-order chi connectivity index (χ1) is 10.7. The number of fused-ring (bicyclic) bond motifs is 2. The molecule has 3 aromatic rings. The van der Waals surface area contributed by atoms with Crippen LogP contribution in [0, 0.1) is 6.92 Å². The molecule has 108 valence electrons. The quantitative estimate of drug-likeness (QED) is 0.635. The van der Waals surface area contributed by atoms with Gasteiger partial charge in [-0.3, -0.25) is 0 Å². The molecular weight excluding hydrogens is 270 g/mol. The molecular formula is C19H17N3. The van der Waals surface area contributed by atoms with Crippen LogP contribution in [0.5, 0.6) is 0 Å². The molecule has 0 spiro atoms. The van der Waals surface area contributed by atoms with E-state index in [1.165, 1.54) is 22.0 Å². The van der Waals surface area contributed by atoms with Crippen LogP contribution in [0.25, 0.3) is 10.8 Å². The standard InChI is InChI=1S/C19H17N3/c1-12-14-8-4-6-10-16(14)18(20-12)21-19-17-11-7-5-9-15(17)13(2)22(19)3/h4-11H,1-3H3/b21-18-. The van der Waals surface area contributed by atoms with Crippen LogP contribution in [-0.2, 0) is 7.05 Å². The maximum atomic E-state index is 4.89. The van der Waals surface area contributed by atoms with E-state index in [4.69, 9.17) is 4.99 Å². The van der Waals surface area contributed by atoms with Crippen molar-refractivity contribution in [2.45, 2.75) is 13.8 Å². The van der Waals surface area contributed by atoms with E-state index in [-0.39, 0.29) is 0 Å². The molecule has 22 heavy (non-hydrogen) atoms. The molecule has 0 saturated carbocycles. The molecule has 1 aliphatic heterocycles. The highest BCUT2D eigenvalue weighted by Crippen LogP contribution is 2.32. The third kappa shape index (κ3) is 1.75. The third-order valence-corrected chi connectivity index (χ3v) is 4.42. The van der Waals surface area contributed by atoms with Crippen molar-refractivity contribution in [2.24, 2.45) is 17.0 Å². The Morgan fingerprint density at radius 1 is 0.864 bits per heavy atom. The van der Waals surface area contributed by atoms with Gasteiger partial charge in [-0.25, -0.2) is 9.98 Å². The maximum absolute atomic E-state index is 4.89. The lowest BCUT2D eigenvalue weighted by atomic mass is 10.1. The average Bonchev–Trinajstić information content (AvgIpc) is 2.99. The maximum Gasteiger partial charge on any atom is 0.162 e. The van der Waals surface area contributed by atoms with Crippen molar-refractivity contribution >= 4 is 28.1 Å². The summed E-state index contributed by atoms with van der Waals surface area (Å²) in [5.41, 5.74) is 4.55. The van der Waals surface area contributed by atoms with Gasteiger partial charge >= 0.3 is 0 Å². The van der Waals surface area contributed by atoms with Gasteiger partial charge in [0.2, 0.25) is 0 Å². The smallest absolute Gasteiger partial charge is 0.162 e. The van der Waals surface area contributed by atoms with Crippen LogP contribution in [0.4, 0.5) is 5.82 Å². The number of amidine groups is 1. The number of aryl methyl sites for hydroxylation is 1. The largest absolute Gasteiger partial charge is 0.332 e. The fourth-order valence-electron chi connectivity index (χ4n) is 3.11. The van der Waals surface area contributed by atoms with Crippen molar-refractivity contribution in [1.82, 2.24) is 4.57 Å². The zero-order valence-electron chi connectivity index (χ0n) is 13.0. The Bertz CT molecular complexity index is 958. The van der Waals surface area contributed by atoms with E-state index in [2.05, 4.69) is 59.9 Å². The second kappa shape index (κ2) is 4.67. The highest BCUT2D eigenvalue weighted by molar-refractivity contribution is 6.23. The zero-order chi connectivity index (χ0) is 15.3. The Morgan fingerprint density at radius 2 is 1.50 bits per heavy atom. The molecule has 4 rings (SSSR count). The Kier molecular flexibility index (Phi) is 2.76. The van der Waals surface area contributed by atoms with Gasteiger partial charge in [0.05, 0.1) is 0 Å². The van der Waals surface area contributed by atoms with E-state index < -0.39 is 0 Å². The molecule has 0 N–H and O–H groups in total. The van der Waals surface area contributed by atoms with E-state index in [9.17, 15) is 0 Å². The van der Waals surface area contributed by atoms with Crippen molar-refractivity contribution in [3.63, 3.8) is 0 Å². The van der Waals surface area contributed by atoms with Gasteiger partial charge in [-0.2, -0.15) is 0 Å². The third-order valence-electron chi connectivity index (χ3n) is 4.42. The highest BCUT2D eigenvalue weighted by atomic mass is 15.1. The summed E-state index contributed by atoms with van der Waals surface area (Å²) in [4.78, 5) is 9.55. The lowest BCUT2D eigenvalue weighted by Gasteiger charge is -2.02. The summed E-state index contributed by atoms with van der Waals surface area (Å²) >= 11 is 0. The first-order valence-electron chi connectivity index (χ1n) is 7.44. The minimum Gasteiger partial charge on any atom is -0.332 e. The molecule has 1 aromatic heterocycles. The van der Waals surface area contributed by atoms with Gasteiger partial charge in [-0.05, 0) is 13.8 Å². The Morgan fingerprint density at radius 3 is 2.27 bits per heavy atom. The summed E-state index contributed by atoms with van der Waals surface area (Å²) in [6, 6.07) is 16.7. The molecule has 0 saturated heterocycles. The van der Waals surface area contributed by atoms with E-state index >= 15 is 0 Å². The SMILES string of the molecule is CC1=N/C(=N\c2c3ccccc3c(C)n2C)c2ccccc21. The number of nitrogens with zero attached hydrogens (tertiary/aromatic N) is 3. The molecule has 0 aliphatic carbocycles. The van der Waals surface area contributed by atoms with Crippen molar-refractivity contribution in [1.29, 1.82) is 0 Å². The fraction of sp³-hybridized carbons (Fsp3) is 0.158. The number of rotatable bonds is 1. The van der Waals surface area contributed by atoms with E-state index in [0.29, 0.717) is 0 Å². The molecule has 2 aromatic carbocycles. The van der Waals surface area contributed by atoms with Gasteiger partial charge in [0.25, 0.3) is 0 Å². The molecule has 0 atom stereocenters. The lowest BCUT2D eigenvalue weighted by Crippen LogP contribution is -1.96. The minimum absolute atomic E-state index is 0.805. The molecule has 0 unspecified atom stereocenters. The first-order valence-corrected chi connectivity index (χ1v) is 7.44. The lowest BCUT2D eigenvalue weighted by molar-refractivity contribution is 0.888. The van der Waals surface area contributed by atoms with Crippen LogP contribution in [0.1, 0.15) is 23.7 Å². The fourth-order valence-corrected chi connectivity index (χ4v) is 3.11. The monoisotopic (exact) mass is 287 g/mol. The van der Waals surface area contributed by atoms with Crippen LogP contribution in [0.15, 0.2) is 58.5 Å². The van der Waals surface area contributed by atoms with Crippen molar-refractivity contribution in [2.75, 3.05) is 0 Å². The Hall–Kier alpha value is -2.68. The highest BCUT2D eigenvalue weighted by Gasteiger charge is 2.19. The van der Waals surface area contributed by atoms with Gasteiger partial charge < -0.3 is 4.57 Å². The van der Waals surface area contributed by atoms with Crippen LogP contribution < -0.4 is 0 Å². The van der Waals surface area contributed by atoms with Gasteiger partial charge in [-0.15, -0.1) is 0 Å². The Balaban J connectivity index is 1.98. The normalized spacial score (nSPS) is 15.4. The van der Waals surface area contributed by atoms with Crippen LogP contribution in [0.2, 0.25) is 0 Å². The van der Waals surface area contributed by atoms with Gasteiger partial charge in [0.1, 0.15) is 5.82 Å². The molecule has 2 heterocycles. The average molecular weight is 287 g/mol. The van der Waals surface area contributed by atoms with Crippen molar-refractivity contribution in [3.05, 3.63) is 65.4 Å². The van der Waals surface area contributed by atoms with Gasteiger partial charge in [-0.1, -0.05) is 48.5 Å². The molecule has 1 aliphatic rings. The summed E-state index contributed by atoms with van der Waals surface area (Å²) in [5.74, 6) is 1.77. The predicted molar refractivity (Wildman–Crippen MR) is 92.5 cm³/mol. The second-order valence-corrected chi connectivity index (χ2v) is 5.69. The summed E-state index contributed by atoms with van der Waals surface area (Å²) in [6.45, 7) is 4.17. The summed E-state index contributed by atoms with van der Waals surface area (Å²) in [7, 11) is 2.06. The van der Waals surface area contributed by atoms with Gasteiger partial charge in [0, 0.05) is 40.4 Å². The number of aromatic nitrogens is 1. The topological polar surface area (TPSA) is 29.6 Å². The molecule has 3 heteroatoms. The molecule has 0 amide bonds. The number of hydrogen-bond acceptors (Lipinski definition) is 1. The minimum atomic E-state index is 0.805. The van der Waals surface area contributed by atoms with Crippen LogP contribution >= 0.6 is 0 Å². The summed E-state index contributed by atoms with van der Waals surface area (Å²) < 4.78 is 2.14. The molecule has 0 radical (unpaired) electrons. The Labute approximate surface area is 129 Å². The van der Waals surface area contributed by atoms with Crippen molar-refractivity contribution < 1.29 is 0 Å². The predicted octanol–water partition coefficient (Wildman–Crippen LogP) is 4.39. The number of aliphatic imine (C=N–C) groups is 2. The first kappa shape index (κ1) is 13.0. The van der Waals surface area contributed by atoms with Crippen LogP contribution in [0.3, 0.4) is 0 Å². The van der Waals surface area contributed by atoms with Crippen molar-refractivity contribution in [3.8, 4) is 0 Å². The number of hydrogen-bond donors (Lipinski definition) is 0. The zero-order valence-corrected chi connectivity index (χ0v) is 13.0. The summed E-state index contributed by atoms with van der Waals surface area (Å²) in [6.07, 6.45) is 0. The van der Waals surface area contributed by atoms with Crippen LogP contribution in [-0.4, -0.2) is 16.1 Å². The molecule has 0 bridgehead atoms. The van der Waals surface area contributed by atoms with Gasteiger partial charge in [0.15, 0.2) is 5.84 Å².